The number of hydrogen-bond donors (Lipinski definition) is 0. The third-order valence-corrected chi connectivity index (χ3v) is 4.11. The summed E-state index contributed by atoms with van der Waals surface area (Å²) in [6.07, 6.45) is 0. The van der Waals surface area contributed by atoms with E-state index in [1.807, 2.05) is 0 Å². The first-order valence-corrected chi connectivity index (χ1v) is 8.27. The first-order chi connectivity index (χ1) is 12.1. The average molecular weight is 361 g/mol. The number of esters is 1. The van der Waals surface area contributed by atoms with Crippen molar-refractivity contribution < 1.29 is 23.0 Å². The topological polar surface area (TPSA) is 48.4 Å². The van der Waals surface area contributed by atoms with Crippen LogP contribution in [0.3, 0.4) is 0 Å². The summed E-state index contributed by atoms with van der Waals surface area (Å²) in [5, 5.41) is 2.16. The first-order valence-electron chi connectivity index (χ1n) is 7.39. The molecule has 0 fully saturated rings. The minimum atomic E-state index is -0.596. The summed E-state index contributed by atoms with van der Waals surface area (Å²) in [6, 6.07) is 11.8. The Bertz CT molecular complexity index is 865. The van der Waals surface area contributed by atoms with Crippen LogP contribution in [0.15, 0.2) is 53.9 Å². The zero-order chi connectivity index (χ0) is 17.6. The molecular formula is C18H13F2NO3S. The van der Waals surface area contributed by atoms with Crippen LogP contribution in [0, 0.1) is 11.6 Å². The van der Waals surface area contributed by atoms with Crippen molar-refractivity contribution >= 4 is 17.3 Å². The number of thiazole rings is 1. The van der Waals surface area contributed by atoms with Crippen molar-refractivity contribution in [2.24, 2.45) is 0 Å². The fourth-order valence-corrected chi connectivity index (χ4v) is 2.81. The Labute approximate surface area is 146 Å². The number of para-hydroxylation sites is 1. The second-order valence-corrected chi connectivity index (χ2v) is 5.82. The molecule has 3 rings (SSSR count). The Morgan fingerprint density at radius 3 is 2.56 bits per heavy atom. The summed E-state index contributed by atoms with van der Waals surface area (Å²) in [6.45, 7) is -0.00178. The van der Waals surface area contributed by atoms with Crippen molar-refractivity contribution in [2.45, 2.75) is 0 Å². The summed E-state index contributed by atoms with van der Waals surface area (Å²) in [5.74, 6) is -1.31. The molecule has 0 saturated carbocycles. The van der Waals surface area contributed by atoms with Crippen molar-refractivity contribution in [3.8, 4) is 16.3 Å². The van der Waals surface area contributed by atoms with Crippen molar-refractivity contribution in [3.05, 3.63) is 71.2 Å². The van der Waals surface area contributed by atoms with Gasteiger partial charge in [0.25, 0.3) is 0 Å². The molecule has 4 nitrogen and oxygen atoms in total. The van der Waals surface area contributed by atoms with E-state index < -0.39 is 11.8 Å². The quantitative estimate of drug-likeness (QED) is 0.484. The predicted octanol–water partition coefficient (Wildman–Crippen LogP) is 4.32. The number of ether oxygens (including phenoxy) is 2. The number of halogens is 2. The van der Waals surface area contributed by atoms with E-state index in [-0.39, 0.29) is 30.5 Å². The van der Waals surface area contributed by atoms with Gasteiger partial charge in [0, 0.05) is 10.9 Å². The van der Waals surface area contributed by atoms with Gasteiger partial charge in [0.1, 0.15) is 24.0 Å². The highest BCUT2D eigenvalue weighted by Crippen LogP contribution is 2.24. The highest BCUT2D eigenvalue weighted by Gasteiger charge is 2.13. The molecule has 0 N–H and O–H groups in total. The van der Waals surface area contributed by atoms with Crippen LogP contribution in [0.1, 0.15) is 10.5 Å². The van der Waals surface area contributed by atoms with E-state index in [1.165, 1.54) is 35.6 Å². The lowest BCUT2D eigenvalue weighted by Gasteiger charge is -2.07. The number of aromatic nitrogens is 1. The Hall–Kier alpha value is -2.80. The SMILES string of the molecule is O=C(OCCOc1ccccc1F)c1csc(-c2ccc(F)cc2)n1. The van der Waals surface area contributed by atoms with Crippen molar-refractivity contribution in [2.75, 3.05) is 13.2 Å². The smallest absolute Gasteiger partial charge is 0.357 e. The molecule has 0 aliphatic rings. The maximum Gasteiger partial charge on any atom is 0.357 e. The molecule has 1 aromatic heterocycles. The van der Waals surface area contributed by atoms with Crippen molar-refractivity contribution in [1.82, 2.24) is 4.98 Å². The van der Waals surface area contributed by atoms with Gasteiger partial charge in [0.2, 0.25) is 0 Å². The molecule has 128 valence electrons. The van der Waals surface area contributed by atoms with Crippen LogP contribution in [0.4, 0.5) is 8.78 Å². The van der Waals surface area contributed by atoms with Gasteiger partial charge in [-0.25, -0.2) is 18.6 Å². The van der Waals surface area contributed by atoms with E-state index >= 15 is 0 Å². The number of hydrogen-bond acceptors (Lipinski definition) is 5. The normalized spacial score (nSPS) is 10.5. The zero-order valence-electron chi connectivity index (χ0n) is 12.9. The van der Waals surface area contributed by atoms with E-state index in [0.717, 1.165) is 0 Å². The minimum absolute atomic E-state index is 0.0294. The molecule has 1 heterocycles. The molecule has 0 aliphatic heterocycles. The predicted molar refractivity (Wildman–Crippen MR) is 89.7 cm³/mol. The highest BCUT2D eigenvalue weighted by molar-refractivity contribution is 7.13. The van der Waals surface area contributed by atoms with Gasteiger partial charge < -0.3 is 9.47 Å². The summed E-state index contributed by atoms with van der Waals surface area (Å²) < 4.78 is 36.6. The molecule has 0 bridgehead atoms. The molecular weight excluding hydrogens is 348 g/mol. The van der Waals surface area contributed by atoms with Gasteiger partial charge >= 0.3 is 5.97 Å². The summed E-state index contributed by atoms with van der Waals surface area (Å²) in [4.78, 5) is 16.1. The molecule has 2 aromatic carbocycles. The number of carbonyl (C=O) groups is 1. The maximum atomic E-state index is 13.4. The molecule has 0 spiro atoms. The molecule has 3 aromatic rings. The van der Waals surface area contributed by atoms with Crippen LogP contribution < -0.4 is 4.74 Å². The van der Waals surface area contributed by atoms with Crippen molar-refractivity contribution in [1.29, 1.82) is 0 Å². The summed E-state index contributed by atoms with van der Waals surface area (Å²) in [5.41, 5.74) is 0.878. The average Bonchev–Trinajstić information content (AvgIpc) is 3.11. The zero-order valence-corrected chi connectivity index (χ0v) is 13.8. The minimum Gasteiger partial charge on any atom is -0.487 e. The van der Waals surface area contributed by atoms with Crippen LogP contribution in [0.5, 0.6) is 5.75 Å². The fourth-order valence-electron chi connectivity index (χ4n) is 2.01. The lowest BCUT2D eigenvalue weighted by atomic mass is 10.2. The number of carbonyl (C=O) groups excluding carboxylic acids is 1. The molecule has 0 atom stereocenters. The fraction of sp³-hybridized carbons (Fsp3) is 0.111. The second-order valence-electron chi connectivity index (χ2n) is 4.96. The van der Waals surface area contributed by atoms with Gasteiger partial charge in [-0.05, 0) is 36.4 Å². The number of nitrogens with zero attached hydrogens (tertiary/aromatic N) is 1. The summed E-state index contributed by atoms with van der Waals surface area (Å²) in [7, 11) is 0. The molecule has 0 unspecified atom stereocenters. The van der Waals surface area contributed by atoms with Crippen LogP contribution >= 0.6 is 11.3 Å². The van der Waals surface area contributed by atoms with Gasteiger partial charge in [-0.2, -0.15) is 0 Å². The van der Waals surface area contributed by atoms with E-state index in [9.17, 15) is 13.6 Å². The van der Waals surface area contributed by atoms with Crippen molar-refractivity contribution in [3.63, 3.8) is 0 Å². The molecule has 0 aliphatic carbocycles. The second kappa shape index (κ2) is 7.85. The molecule has 0 saturated heterocycles. The van der Waals surface area contributed by atoms with Gasteiger partial charge in [0.15, 0.2) is 17.3 Å². The standard InChI is InChI=1S/C18H13F2NO3S/c19-13-7-5-12(6-8-13)17-21-15(11-25-17)18(22)24-10-9-23-16-4-2-1-3-14(16)20/h1-8,11H,9-10H2. The van der Waals surface area contributed by atoms with E-state index in [4.69, 9.17) is 9.47 Å². The Kier molecular flexibility index (Phi) is 5.35. The van der Waals surface area contributed by atoms with Gasteiger partial charge in [-0.15, -0.1) is 11.3 Å². The third-order valence-electron chi connectivity index (χ3n) is 3.22. The van der Waals surface area contributed by atoms with E-state index in [2.05, 4.69) is 4.98 Å². The first kappa shape index (κ1) is 17.0. The van der Waals surface area contributed by atoms with E-state index in [0.29, 0.717) is 10.6 Å². The third kappa shape index (κ3) is 4.39. The molecule has 7 heteroatoms. The van der Waals surface area contributed by atoms with Crippen LogP contribution in [-0.4, -0.2) is 24.2 Å². The van der Waals surface area contributed by atoms with Crippen LogP contribution in [0.2, 0.25) is 0 Å². The summed E-state index contributed by atoms with van der Waals surface area (Å²) >= 11 is 1.26. The molecule has 0 radical (unpaired) electrons. The van der Waals surface area contributed by atoms with Crippen LogP contribution in [0.25, 0.3) is 10.6 Å². The maximum absolute atomic E-state index is 13.4. The van der Waals surface area contributed by atoms with E-state index in [1.54, 1.807) is 29.6 Å². The highest BCUT2D eigenvalue weighted by atomic mass is 32.1. The van der Waals surface area contributed by atoms with Crippen LogP contribution in [-0.2, 0) is 4.74 Å². The molecule has 25 heavy (non-hydrogen) atoms. The Morgan fingerprint density at radius 2 is 1.80 bits per heavy atom. The van der Waals surface area contributed by atoms with Gasteiger partial charge in [-0.1, -0.05) is 12.1 Å². The monoisotopic (exact) mass is 361 g/mol. The lowest BCUT2D eigenvalue weighted by Crippen LogP contribution is -2.13. The number of rotatable bonds is 6. The number of benzene rings is 2. The van der Waals surface area contributed by atoms with Gasteiger partial charge in [0.05, 0.1) is 0 Å². The Balaban J connectivity index is 1.52. The largest absolute Gasteiger partial charge is 0.487 e. The lowest BCUT2D eigenvalue weighted by molar-refractivity contribution is 0.0442. The molecule has 0 amide bonds. The van der Waals surface area contributed by atoms with Gasteiger partial charge in [-0.3, -0.25) is 0 Å². The Morgan fingerprint density at radius 1 is 1.04 bits per heavy atom.